The van der Waals surface area contributed by atoms with Crippen molar-refractivity contribution < 1.29 is 14.3 Å². The van der Waals surface area contributed by atoms with E-state index < -0.39 is 0 Å². The van der Waals surface area contributed by atoms with Gasteiger partial charge in [-0.2, -0.15) is 0 Å². The van der Waals surface area contributed by atoms with Crippen LogP contribution in [0.4, 0.5) is 11.4 Å². The summed E-state index contributed by atoms with van der Waals surface area (Å²) in [6.07, 6.45) is 1.06. The van der Waals surface area contributed by atoms with E-state index >= 15 is 0 Å². The molecule has 0 heterocycles. The summed E-state index contributed by atoms with van der Waals surface area (Å²) in [7, 11) is 0. The van der Waals surface area contributed by atoms with Crippen LogP contribution in [0.3, 0.4) is 0 Å². The van der Waals surface area contributed by atoms with Crippen LogP contribution in [0.2, 0.25) is 0 Å². The highest BCUT2D eigenvalue weighted by Crippen LogP contribution is 2.18. The molecule has 24 heavy (non-hydrogen) atoms. The Morgan fingerprint density at radius 1 is 1.12 bits per heavy atom. The second-order valence-corrected chi connectivity index (χ2v) is 5.37. The zero-order valence-corrected chi connectivity index (χ0v) is 14.0. The molecule has 5 nitrogen and oxygen atoms in total. The lowest BCUT2D eigenvalue weighted by Gasteiger charge is -2.09. The molecule has 128 valence electrons. The van der Waals surface area contributed by atoms with E-state index in [4.69, 9.17) is 15.2 Å². The van der Waals surface area contributed by atoms with Crippen molar-refractivity contribution in [1.29, 1.82) is 0 Å². The molecule has 0 unspecified atom stereocenters. The predicted octanol–water partition coefficient (Wildman–Crippen LogP) is 3.26. The monoisotopic (exact) mass is 328 g/mol. The molecule has 0 bridgehead atoms. The van der Waals surface area contributed by atoms with Crippen LogP contribution in [-0.4, -0.2) is 25.7 Å². The summed E-state index contributed by atoms with van der Waals surface area (Å²) in [5, 5.41) is 2.89. The molecular weight excluding hydrogens is 304 g/mol. The van der Waals surface area contributed by atoms with Gasteiger partial charge in [0, 0.05) is 30.5 Å². The first-order valence-corrected chi connectivity index (χ1v) is 8.12. The molecule has 0 aliphatic carbocycles. The number of amides is 1. The van der Waals surface area contributed by atoms with Crippen molar-refractivity contribution in [2.45, 2.75) is 19.8 Å². The number of benzene rings is 2. The summed E-state index contributed by atoms with van der Waals surface area (Å²) in [4.78, 5) is 12.1. The Labute approximate surface area is 142 Å². The van der Waals surface area contributed by atoms with Crippen LogP contribution in [0.1, 0.15) is 18.9 Å². The van der Waals surface area contributed by atoms with E-state index in [0.29, 0.717) is 44.1 Å². The summed E-state index contributed by atoms with van der Waals surface area (Å²) in [5.74, 6) is 0.673. The van der Waals surface area contributed by atoms with Gasteiger partial charge < -0.3 is 20.5 Å². The van der Waals surface area contributed by atoms with Crippen LogP contribution in [0.25, 0.3) is 0 Å². The number of anilines is 2. The zero-order chi connectivity index (χ0) is 17.2. The van der Waals surface area contributed by atoms with Gasteiger partial charge in [-0.3, -0.25) is 4.79 Å². The standard InChI is InChI=1S/C19H24N2O3/c1-2-23-11-12-24-18-8-4-7-17(14-18)21-19(22)10-9-15-5-3-6-16(20)13-15/h3-8,13-14H,2,9-12,20H2,1H3,(H,21,22). The number of rotatable bonds is 9. The number of hydrogen-bond donors (Lipinski definition) is 2. The number of nitrogens with two attached hydrogens (primary N) is 1. The van der Waals surface area contributed by atoms with E-state index in [0.717, 1.165) is 11.3 Å². The molecule has 2 aromatic rings. The molecular formula is C19H24N2O3. The smallest absolute Gasteiger partial charge is 0.224 e. The SMILES string of the molecule is CCOCCOc1cccc(NC(=O)CCc2cccc(N)c2)c1. The van der Waals surface area contributed by atoms with E-state index in [1.807, 2.05) is 55.5 Å². The fraction of sp³-hybridized carbons (Fsp3) is 0.316. The number of carbonyl (C=O) groups excluding carboxylic acids is 1. The van der Waals surface area contributed by atoms with Crippen molar-refractivity contribution in [2.24, 2.45) is 0 Å². The van der Waals surface area contributed by atoms with Crippen LogP contribution in [0.15, 0.2) is 48.5 Å². The molecule has 0 aromatic heterocycles. The Kier molecular flexibility index (Phi) is 7.11. The van der Waals surface area contributed by atoms with Gasteiger partial charge in [0.2, 0.25) is 5.91 Å². The third-order valence-corrected chi connectivity index (χ3v) is 3.41. The zero-order valence-electron chi connectivity index (χ0n) is 14.0. The number of hydrogen-bond acceptors (Lipinski definition) is 4. The maximum absolute atomic E-state index is 12.1. The van der Waals surface area contributed by atoms with E-state index in [-0.39, 0.29) is 5.91 Å². The van der Waals surface area contributed by atoms with E-state index in [1.165, 1.54) is 0 Å². The Hall–Kier alpha value is -2.53. The van der Waals surface area contributed by atoms with Gasteiger partial charge in [-0.05, 0) is 43.2 Å². The quantitative estimate of drug-likeness (QED) is 0.547. The lowest BCUT2D eigenvalue weighted by molar-refractivity contribution is -0.116. The Morgan fingerprint density at radius 3 is 2.75 bits per heavy atom. The van der Waals surface area contributed by atoms with Gasteiger partial charge >= 0.3 is 0 Å². The van der Waals surface area contributed by atoms with Crippen molar-refractivity contribution in [1.82, 2.24) is 0 Å². The van der Waals surface area contributed by atoms with Gasteiger partial charge in [-0.15, -0.1) is 0 Å². The first kappa shape index (κ1) is 17.8. The number of nitrogen functional groups attached to an aromatic ring is 1. The minimum Gasteiger partial charge on any atom is -0.491 e. The normalized spacial score (nSPS) is 10.4. The van der Waals surface area contributed by atoms with Crippen LogP contribution in [-0.2, 0) is 16.0 Å². The second kappa shape index (κ2) is 9.57. The third kappa shape index (κ3) is 6.30. The molecule has 0 saturated heterocycles. The Balaban J connectivity index is 1.80. The molecule has 0 fully saturated rings. The van der Waals surface area contributed by atoms with Crippen molar-refractivity contribution >= 4 is 17.3 Å². The molecule has 5 heteroatoms. The lowest BCUT2D eigenvalue weighted by atomic mass is 10.1. The average Bonchev–Trinajstić information content (AvgIpc) is 2.57. The molecule has 1 amide bonds. The van der Waals surface area contributed by atoms with Crippen molar-refractivity contribution in [3.8, 4) is 5.75 Å². The minimum absolute atomic E-state index is 0.0381. The highest BCUT2D eigenvalue weighted by molar-refractivity contribution is 5.91. The fourth-order valence-corrected chi connectivity index (χ4v) is 2.26. The maximum atomic E-state index is 12.1. The number of aryl methyl sites for hydroxylation is 1. The van der Waals surface area contributed by atoms with Crippen LogP contribution < -0.4 is 15.8 Å². The summed E-state index contributed by atoms with van der Waals surface area (Å²) in [6.45, 7) is 3.65. The molecule has 2 rings (SSSR count). The molecule has 0 atom stereocenters. The van der Waals surface area contributed by atoms with E-state index in [1.54, 1.807) is 0 Å². The first-order chi connectivity index (χ1) is 11.7. The molecule has 0 radical (unpaired) electrons. The largest absolute Gasteiger partial charge is 0.491 e. The highest BCUT2D eigenvalue weighted by atomic mass is 16.5. The van der Waals surface area contributed by atoms with Gasteiger partial charge in [-0.25, -0.2) is 0 Å². The molecule has 0 spiro atoms. The minimum atomic E-state index is -0.0381. The van der Waals surface area contributed by atoms with Gasteiger partial charge in [0.1, 0.15) is 12.4 Å². The van der Waals surface area contributed by atoms with Crippen LogP contribution in [0.5, 0.6) is 5.75 Å². The van der Waals surface area contributed by atoms with Crippen molar-refractivity contribution in [3.05, 3.63) is 54.1 Å². The molecule has 0 saturated carbocycles. The first-order valence-electron chi connectivity index (χ1n) is 8.12. The molecule has 0 aliphatic rings. The average molecular weight is 328 g/mol. The van der Waals surface area contributed by atoms with Crippen molar-refractivity contribution in [3.63, 3.8) is 0 Å². The molecule has 0 aliphatic heterocycles. The summed E-state index contributed by atoms with van der Waals surface area (Å²) in [5.41, 5.74) is 8.23. The van der Waals surface area contributed by atoms with Gasteiger partial charge in [0.15, 0.2) is 0 Å². The number of nitrogens with one attached hydrogen (secondary N) is 1. The summed E-state index contributed by atoms with van der Waals surface area (Å²) < 4.78 is 10.8. The Bertz CT molecular complexity index is 659. The summed E-state index contributed by atoms with van der Waals surface area (Å²) in [6, 6.07) is 14.9. The van der Waals surface area contributed by atoms with Gasteiger partial charge in [0.25, 0.3) is 0 Å². The topological polar surface area (TPSA) is 73.6 Å². The molecule has 3 N–H and O–H groups in total. The van der Waals surface area contributed by atoms with E-state index in [9.17, 15) is 4.79 Å². The van der Waals surface area contributed by atoms with E-state index in [2.05, 4.69) is 5.32 Å². The second-order valence-electron chi connectivity index (χ2n) is 5.37. The third-order valence-electron chi connectivity index (χ3n) is 3.41. The van der Waals surface area contributed by atoms with Gasteiger partial charge in [0.05, 0.1) is 6.61 Å². The Morgan fingerprint density at radius 2 is 1.96 bits per heavy atom. The van der Waals surface area contributed by atoms with Crippen LogP contribution >= 0.6 is 0 Å². The fourth-order valence-electron chi connectivity index (χ4n) is 2.26. The number of ether oxygens (including phenoxy) is 2. The van der Waals surface area contributed by atoms with Crippen molar-refractivity contribution in [2.75, 3.05) is 30.9 Å². The molecule has 2 aromatic carbocycles. The van der Waals surface area contributed by atoms with Crippen LogP contribution in [0, 0.1) is 0 Å². The number of carbonyl (C=O) groups is 1. The van der Waals surface area contributed by atoms with Gasteiger partial charge in [-0.1, -0.05) is 18.2 Å². The lowest BCUT2D eigenvalue weighted by Crippen LogP contribution is -2.12. The maximum Gasteiger partial charge on any atom is 0.224 e. The highest BCUT2D eigenvalue weighted by Gasteiger charge is 2.05. The summed E-state index contributed by atoms with van der Waals surface area (Å²) >= 11 is 0. The predicted molar refractivity (Wildman–Crippen MR) is 96.2 cm³/mol.